The van der Waals surface area contributed by atoms with Crippen LogP contribution in [0.5, 0.6) is 0 Å². The first-order chi connectivity index (χ1) is 14.2. The molecule has 0 bridgehead atoms. The van der Waals surface area contributed by atoms with Crippen molar-refractivity contribution in [3.8, 4) is 11.3 Å². The highest BCUT2D eigenvalue weighted by atomic mass is 16.4. The van der Waals surface area contributed by atoms with Gasteiger partial charge in [-0.3, -0.25) is 0 Å². The number of aromatic nitrogens is 3. The van der Waals surface area contributed by atoms with E-state index in [-0.39, 0.29) is 5.56 Å². The first kappa shape index (κ1) is 16.9. The van der Waals surface area contributed by atoms with Crippen LogP contribution in [-0.4, -0.2) is 26.0 Å². The molecule has 0 spiro atoms. The largest absolute Gasteiger partial charge is 0.478 e. The fourth-order valence-corrected chi connectivity index (χ4v) is 3.38. The van der Waals surface area contributed by atoms with Crippen molar-refractivity contribution in [2.24, 2.45) is 0 Å². The standard InChI is InChI=1S/C23H16N4O2/c28-22(29)14-5-8-17(9-6-14)25-23-26-20-4-2-1-3-18(20)21(27-23)16-7-10-19-15(13-16)11-12-24-19/h1-13,24H,(H,28,29)(H,25,26,27). The third-order valence-electron chi connectivity index (χ3n) is 4.82. The normalized spacial score (nSPS) is 11.0. The predicted molar refractivity (Wildman–Crippen MR) is 114 cm³/mol. The number of nitrogens with zero attached hydrogens (tertiary/aromatic N) is 2. The Labute approximate surface area is 165 Å². The minimum Gasteiger partial charge on any atom is -0.478 e. The SMILES string of the molecule is O=C(O)c1ccc(Nc2nc(-c3ccc4[nH]ccc4c3)c3ccccc3n2)cc1. The van der Waals surface area contributed by atoms with Crippen LogP contribution < -0.4 is 5.32 Å². The molecule has 0 aliphatic rings. The van der Waals surface area contributed by atoms with E-state index in [0.29, 0.717) is 5.95 Å². The van der Waals surface area contributed by atoms with Crippen molar-refractivity contribution in [2.45, 2.75) is 0 Å². The van der Waals surface area contributed by atoms with E-state index in [1.807, 2.05) is 48.7 Å². The number of carboxylic acids is 1. The second kappa shape index (κ2) is 6.76. The highest BCUT2D eigenvalue weighted by molar-refractivity contribution is 5.96. The molecule has 5 rings (SSSR count). The van der Waals surface area contributed by atoms with Crippen LogP contribution in [0.4, 0.5) is 11.6 Å². The Hall–Kier alpha value is -4.19. The van der Waals surface area contributed by atoms with Gasteiger partial charge in [0.05, 0.1) is 16.8 Å². The van der Waals surface area contributed by atoms with Crippen LogP contribution in [0.2, 0.25) is 0 Å². The molecule has 0 aliphatic heterocycles. The number of fused-ring (bicyclic) bond motifs is 2. The second-order valence-corrected chi connectivity index (χ2v) is 6.70. The van der Waals surface area contributed by atoms with Gasteiger partial charge in [-0.15, -0.1) is 0 Å². The summed E-state index contributed by atoms with van der Waals surface area (Å²) in [6.07, 6.45) is 1.92. The summed E-state index contributed by atoms with van der Waals surface area (Å²) in [6.45, 7) is 0. The zero-order valence-electron chi connectivity index (χ0n) is 15.3. The lowest BCUT2D eigenvalue weighted by Crippen LogP contribution is -2.01. The second-order valence-electron chi connectivity index (χ2n) is 6.70. The minimum atomic E-state index is -0.957. The van der Waals surface area contributed by atoms with Gasteiger partial charge in [-0.25, -0.2) is 14.8 Å². The van der Waals surface area contributed by atoms with Crippen molar-refractivity contribution in [2.75, 3.05) is 5.32 Å². The van der Waals surface area contributed by atoms with E-state index >= 15 is 0 Å². The van der Waals surface area contributed by atoms with Crippen LogP contribution in [-0.2, 0) is 0 Å². The fraction of sp³-hybridized carbons (Fsp3) is 0. The van der Waals surface area contributed by atoms with Crippen LogP contribution in [0.1, 0.15) is 10.4 Å². The summed E-state index contributed by atoms with van der Waals surface area (Å²) in [4.78, 5) is 23.6. The number of benzene rings is 3. The van der Waals surface area contributed by atoms with Crippen molar-refractivity contribution >= 4 is 39.4 Å². The molecule has 0 amide bonds. The number of aromatic carboxylic acids is 1. The van der Waals surface area contributed by atoms with Crippen LogP contribution >= 0.6 is 0 Å². The molecule has 140 valence electrons. The number of carbonyl (C=O) groups is 1. The molecule has 0 saturated carbocycles. The number of hydrogen-bond donors (Lipinski definition) is 3. The van der Waals surface area contributed by atoms with Gasteiger partial charge in [0.1, 0.15) is 0 Å². The Kier molecular flexibility index (Phi) is 3.95. The molecule has 3 aromatic carbocycles. The Balaban J connectivity index is 1.60. The molecular weight excluding hydrogens is 364 g/mol. The van der Waals surface area contributed by atoms with Gasteiger partial charge in [0.15, 0.2) is 0 Å². The maximum absolute atomic E-state index is 11.0. The van der Waals surface area contributed by atoms with E-state index in [1.165, 1.54) is 0 Å². The summed E-state index contributed by atoms with van der Waals surface area (Å²) in [6, 6.07) is 22.6. The average Bonchev–Trinajstić information content (AvgIpc) is 3.21. The Bertz CT molecular complexity index is 1360. The molecule has 6 nitrogen and oxygen atoms in total. The summed E-state index contributed by atoms with van der Waals surface area (Å²) in [5.41, 5.74) is 4.69. The topological polar surface area (TPSA) is 90.9 Å². The lowest BCUT2D eigenvalue weighted by atomic mass is 10.0. The highest BCUT2D eigenvalue weighted by Gasteiger charge is 2.11. The average molecular weight is 380 g/mol. The molecule has 0 fully saturated rings. The van der Waals surface area contributed by atoms with Gasteiger partial charge in [-0.2, -0.15) is 0 Å². The predicted octanol–water partition coefficient (Wildman–Crippen LogP) is 5.22. The van der Waals surface area contributed by atoms with Gasteiger partial charge in [0, 0.05) is 33.7 Å². The molecule has 0 atom stereocenters. The summed E-state index contributed by atoms with van der Waals surface area (Å²) < 4.78 is 0. The molecule has 5 aromatic rings. The molecule has 29 heavy (non-hydrogen) atoms. The first-order valence-electron chi connectivity index (χ1n) is 9.12. The monoisotopic (exact) mass is 380 g/mol. The summed E-state index contributed by atoms with van der Waals surface area (Å²) in [5, 5.41) is 14.3. The van der Waals surface area contributed by atoms with Gasteiger partial charge in [0.25, 0.3) is 0 Å². The van der Waals surface area contributed by atoms with Crippen molar-refractivity contribution in [3.63, 3.8) is 0 Å². The van der Waals surface area contributed by atoms with Gasteiger partial charge in [-0.05, 0) is 48.5 Å². The Morgan fingerprint density at radius 3 is 2.59 bits per heavy atom. The molecule has 0 aliphatic carbocycles. The van der Waals surface area contributed by atoms with E-state index in [0.717, 1.165) is 38.8 Å². The molecule has 3 N–H and O–H groups in total. The zero-order chi connectivity index (χ0) is 19.8. The highest BCUT2D eigenvalue weighted by Crippen LogP contribution is 2.30. The van der Waals surface area contributed by atoms with Crippen molar-refractivity contribution < 1.29 is 9.90 Å². The molecule has 0 radical (unpaired) electrons. The number of anilines is 2. The number of para-hydroxylation sites is 1. The maximum Gasteiger partial charge on any atom is 0.335 e. The van der Waals surface area contributed by atoms with E-state index in [1.54, 1.807) is 24.3 Å². The summed E-state index contributed by atoms with van der Waals surface area (Å²) >= 11 is 0. The van der Waals surface area contributed by atoms with Crippen LogP contribution in [0, 0.1) is 0 Å². The third-order valence-corrected chi connectivity index (χ3v) is 4.82. The van der Waals surface area contributed by atoms with E-state index in [4.69, 9.17) is 10.1 Å². The number of H-pyrrole nitrogens is 1. The molecule has 0 saturated heterocycles. The first-order valence-corrected chi connectivity index (χ1v) is 9.12. The number of hydrogen-bond acceptors (Lipinski definition) is 4. The Morgan fingerprint density at radius 1 is 0.931 bits per heavy atom. The van der Waals surface area contributed by atoms with Crippen LogP contribution in [0.15, 0.2) is 79.0 Å². The quantitative estimate of drug-likeness (QED) is 0.398. The summed E-state index contributed by atoms with van der Waals surface area (Å²) in [5.74, 6) is -0.503. The number of aromatic amines is 1. The number of carboxylic acid groups (broad SMARTS) is 1. The van der Waals surface area contributed by atoms with E-state index in [9.17, 15) is 4.79 Å². The molecule has 6 heteroatoms. The number of rotatable bonds is 4. The van der Waals surface area contributed by atoms with Crippen molar-refractivity contribution in [1.29, 1.82) is 0 Å². The lowest BCUT2D eigenvalue weighted by molar-refractivity contribution is 0.0697. The van der Waals surface area contributed by atoms with Crippen molar-refractivity contribution in [1.82, 2.24) is 15.0 Å². The lowest BCUT2D eigenvalue weighted by Gasteiger charge is -2.11. The number of nitrogens with one attached hydrogen (secondary N) is 2. The Morgan fingerprint density at radius 2 is 1.76 bits per heavy atom. The fourth-order valence-electron chi connectivity index (χ4n) is 3.38. The third kappa shape index (κ3) is 3.17. The van der Waals surface area contributed by atoms with Gasteiger partial charge in [0.2, 0.25) is 5.95 Å². The molecule has 0 unspecified atom stereocenters. The van der Waals surface area contributed by atoms with E-state index in [2.05, 4.69) is 21.4 Å². The minimum absolute atomic E-state index is 0.232. The van der Waals surface area contributed by atoms with Gasteiger partial charge < -0.3 is 15.4 Å². The van der Waals surface area contributed by atoms with Gasteiger partial charge >= 0.3 is 5.97 Å². The summed E-state index contributed by atoms with van der Waals surface area (Å²) in [7, 11) is 0. The molecule has 2 aromatic heterocycles. The molecular formula is C23H16N4O2. The molecule has 2 heterocycles. The van der Waals surface area contributed by atoms with E-state index < -0.39 is 5.97 Å². The van der Waals surface area contributed by atoms with Gasteiger partial charge in [-0.1, -0.05) is 24.3 Å². The smallest absolute Gasteiger partial charge is 0.335 e. The van der Waals surface area contributed by atoms with Crippen LogP contribution in [0.25, 0.3) is 33.1 Å². The van der Waals surface area contributed by atoms with Crippen molar-refractivity contribution in [3.05, 3.63) is 84.6 Å². The maximum atomic E-state index is 11.0. The zero-order valence-corrected chi connectivity index (χ0v) is 15.3. The van der Waals surface area contributed by atoms with Crippen LogP contribution in [0.3, 0.4) is 0 Å².